The summed E-state index contributed by atoms with van der Waals surface area (Å²) < 4.78 is 85.3. The second-order valence-corrected chi connectivity index (χ2v) is 6.98. The predicted molar refractivity (Wildman–Crippen MR) is 86.1 cm³/mol. The Hall–Kier alpha value is -3.03. The molecule has 0 atom stereocenters. The van der Waals surface area contributed by atoms with Crippen LogP contribution in [0.2, 0.25) is 0 Å². The third kappa shape index (κ3) is 3.81. The second-order valence-electron chi connectivity index (χ2n) is 5.02. The van der Waals surface area contributed by atoms with Crippen LogP contribution in [-0.4, -0.2) is 55.9 Å². The molecule has 0 N–H and O–H groups in total. The number of anilines is 1. The molecule has 0 radical (unpaired) electrons. The fraction of sp³-hybridized carbons (Fsp3) is 0.286. The van der Waals surface area contributed by atoms with Crippen LogP contribution in [0.3, 0.4) is 0 Å². The highest BCUT2D eigenvalue weighted by Crippen LogP contribution is 2.34. The van der Waals surface area contributed by atoms with Crippen molar-refractivity contribution in [3.63, 3.8) is 0 Å². The summed E-state index contributed by atoms with van der Waals surface area (Å²) in [6, 6.07) is 1.92. The fourth-order valence-corrected chi connectivity index (χ4v) is 2.77. The van der Waals surface area contributed by atoms with Crippen LogP contribution < -0.4 is 13.8 Å². The van der Waals surface area contributed by atoms with Gasteiger partial charge in [0, 0.05) is 7.05 Å². The van der Waals surface area contributed by atoms with Crippen LogP contribution in [0.5, 0.6) is 12.0 Å². The molecule has 14 heteroatoms. The summed E-state index contributed by atoms with van der Waals surface area (Å²) in [5.41, 5.74) is -7.57. The largest absolute Gasteiger partial charge is 0.516 e. The van der Waals surface area contributed by atoms with Gasteiger partial charge in [-0.1, -0.05) is 6.07 Å². The first-order valence-corrected chi connectivity index (χ1v) is 8.60. The Kier molecular flexibility index (Phi) is 5.72. The number of ether oxygens (including phenoxy) is 2. The Morgan fingerprint density at radius 2 is 1.61 bits per heavy atom. The molecule has 1 heterocycles. The van der Waals surface area contributed by atoms with Gasteiger partial charge in [-0.15, -0.1) is 4.98 Å². The predicted octanol–water partition coefficient (Wildman–Crippen LogP) is 1.54. The Morgan fingerprint density at radius 3 is 2.07 bits per heavy atom. The summed E-state index contributed by atoms with van der Waals surface area (Å²) in [6.45, 7) is 0. The molecular formula is C14H12F4N4O5S. The molecule has 1 aromatic heterocycles. The number of methoxy groups -OCH3 is 2. The van der Waals surface area contributed by atoms with Crippen molar-refractivity contribution in [2.75, 3.05) is 25.6 Å². The van der Waals surface area contributed by atoms with Gasteiger partial charge >= 0.3 is 27.6 Å². The van der Waals surface area contributed by atoms with Crippen LogP contribution >= 0.6 is 0 Å². The Morgan fingerprint density at radius 1 is 1.07 bits per heavy atom. The van der Waals surface area contributed by atoms with Gasteiger partial charge in [-0.3, -0.25) is 9.10 Å². The third-order valence-electron chi connectivity index (χ3n) is 3.36. The molecule has 0 aliphatic carbocycles. The zero-order valence-corrected chi connectivity index (χ0v) is 15.3. The number of benzene rings is 1. The van der Waals surface area contributed by atoms with Crippen LogP contribution in [0.25, 0.3) is 0 Å². The third-order valence-corrected chi connectivity index (χ3v) is 4.85. The van der Waals surface area contributed by atoms with Gasteiger partial charge in [0.25, 0.3) is 0 Å². The number of halogens is 4. The van der Waals surface area contributed by atoms with E-state index >= 15 is 0 Å². The van der Waals surface area contributed by atoms with E-state index in [0.717, 1.165) is 12.1 Å². The van der Waals surface area contributed by atoms with Crippen LogP contribution in [0.1, 0.15) is 16.2 Å². The smallest absolute Gasteiger partial charge is 0.467 e. The van der Waals surface area contributed by atoms with Crippen molar-refractivity contribution in [3.8, 4) is 12.0 Å². The Bertz CT molecular complexity index is 991. The number of sulfonamides is 1. The molecule has 2 aromatic rings. The van der Waals surface area contributed by atoms with Gasteiger partial charge in [0.1, 0.15) is 5.82 Å². The van der Waals surface area contributed by atoms with Gasteiger partial charge in [0.05, 0.1) is 25.5 Å². The summed E-state index contributed by atoms with van der Waals surface area (Å²) in [4.78, 5) is 23.6. The zero-order valence-electron chi connectivity index (χ0n) is 14.5. The van der Waals surface area contributed by atoms with Gasteiger partial charge in [-0.05, 0) is 12.1 Å². The highest BCUT2D eigenvalue weighted by molar-refractivity contribution is 7.93. The van der Waals surface area contributed by atoms with E-state index in [-0.39, 0.29) is 16.3 Å². The first-order valence-electron chi connectivity index (χ1n) is 7.16. The average molecular weight is 424 g/mol. The second kappa shape index (κ2) is 7.53. The highest BCUT2D eigenvalue weighted by atomic mass is 32.2. The van der Waals surface area contributed by atoms with E-state index < -0.39 is 44.2 Å². The number of hydrogen-bond acceptors (Lipinski definition) is 8. The molecule has 0 fully saturated rings. The molecule has 0 unspecified atom stereocenters. The highest BCUT2D eigenvalue weighted by Gasteiger charge is 2.50. The van der Waals surface area contributed by atoms with Crippen molar-refractivity contribution in [3.05, 3.63) is 35.4 Å². The first kappa shape index (κ1) is 21.3. The van der Waals surface area contributed by atoms with Crippen molar-refractivity contribution in [1.82, 2.24) is 15.0 Å². The van der Waals surface area contributed by atoms with Crippen LogP contribution in [0.15, 0.2) is 18.2 Å². The van der Waals surface area contributed by atoms with Crippen LogP contribution in [0, 0.1) is 5.82 Å². The number of nitrogens with zero attached hydrogens (tertiary/aromatic N) is 4. The molecular weight excluding hydrogens is 412 g/mol. The van der Waals surface area contributed by atoms with Crippen molar-refractivity contribution in [1.29, 1.82) is 0 Å². The minimum Gasteiger partial charge on any atom is -0.467 e. The van der Waals surface area contributed by atoms with Crippen molar-refractivity contribution < 1.29 is 40.2 Å². The number of para-hydroxylation sites is 1. The van der Waals surface area contributed by atoms with Crippen molar-refractivity contribution >= 4 is 21.5 Å². The average Bonchev–Trinajstić information content (AvgIpc) is 2.65. The van der Waals surface area contributed by atoms with Gasteiger partial charge in [0.2, 0.25) is 11.6 Å². The quantitative estimate of drug-likeness (QED) is 0.507. The number of carbonyl (C=O) groups is 1. The van der Waals surface area contributed by atoms with Gasteiger partial charge < -0.3 is 9.47 Å². The summed E-state index contributed by atoms with van der Waals surface area (Å²) in [5, 5.41) is 0. The van der Waals surface area contributed by atoms with Crippen molar-refractivity contribution in [2.24, 2.45) is 0 Å². The summed E-state index contributed by atoms with van der Waals surface area (Å²) in [7, 11) is -3.18. The van der Waals surface area contributed by atoms with Crippen LogP contribution in [0.4, 0.5) is 23.2 Å². The molecule has 0 saturated carbocycles. The van der Waals surface area contributed by atoms with E-state index in [2.05, 4.69) is 15.0 Å². The van der Waals surface area contributed by atoms with Gasteiger partial charge in [-0.25, -0.2) is 4.39 Å². The molecule has 1 aromatic carbocycles. The molecule has 0 aliphatic heterocycles. The van der Waals surface area contributed by atoms with Crippen LogP contribution in [-0.2, 0) is 10.0 Å². The molecule has 28 heavy (non-hydrogen) atoms. The molecule has 0 bridgehead atoms. The molecule has 0 aliphatic rings. The van der Waals surface area contributed by atoms with E-state index in [0.29, 0.717) is 13.1 Å². The molecule has 0 saturated heterocycles. The molecule has 152 valence electrons. The molecule has 0 amide bonds. The van der Waals surface area contributed by atoms with Gasteiger partial charge in [0.15, 0.2) is 0 Å². The zero-order chi connectivity index (χ0) is 21.3. The minimum atomic E-state index is -5.98. The summed E-state index contributed by atoms with van der Waals surface area (Å²) >= 11 is 0. The Balaban J connectivity index is 2.66. The number of ketones is 1. The van der Waals surface area contributed by atoms with Gasteiger partial charge in [-0.2, -0.15) is 31.6 Å². The normalized spacial score (nSPS) is 11.8. The van der Waals surface area contributed by atoms with E-state index in [1.54, 1.807) is 0 Å². The number of hydrogen-bond donors (Lipinski definition) is 0. The van der Waals surface area contributed by atoms with E-state index in [1.165, 1.54) is 14.2 Å². The lowest BCUT2D eigenvalue weighted by Crippen LogP contribution is -2.39. The number of rotatable bonds is 6. The lowest BCUT2D eigenvalue weighted by atomic mass is 10.1. The number of carbonyl (C=O) groups excluding carboxylic acids is 1. The Labute approximate surface area is 156 Å². The standard InChI is InChI=1S/C14H12F4N4O5S/c1-22(28(24,25)14(16,17)18)9-7(5-4-6-8(9)15)10(23)11-19-12(26-2)21-13(20-11)27-3/h4-6H,1-3H3. The summed E-state index contributed by atoms with van der Waals surface area (Å²) in [5.74, 6) is -3.22. The van der Waals surface area contributed by atoms with E-state index in [9.17, 15) is 30.8 Å². The maximum atomic E-state index is 14.3. The van der Waals surface area contributed by atoms with E-state index in [1.807, 2.05) is 0 Å². The molecule has 9 nitrogen and oxygen atoms in total. The van der Waals surface area contributed by atoms with Crippen molar-refractivity contribution in [2.45, 2.75) is 5.51 Å². The molecule has 0 spiro atoms. The minimum absolute atomic E-state index is 0.357. The topological polar surface area (TPSA) is 112 Å². The number of aromatic nitrogens is 3. The monoisotopic (exact) mass is 424 g/mol. The lowest BCUT2D eigenvalue weighted by molar-refractivity contribution is -0.0437. The first-order chi connectivity index (χ1) is 12.9. The molecule has 2 rings (SSSR count). The maximum absolute atomic E-state index is 14.3. The lowest BCUT2D eigenvalue weighted by Gasteiger charge is -2.23. The number of alkyl halides is 3. The summed E-state index contributed by atoms with van der Waals surface area (Å²) in [6.07, 6.45) is 0. The van der Waals surface area contributed by atoms with E-state index in [4.69, 9.17) is 9.47 Å². The maximum Gasteiger partial charge on any atom is 0.516 e. The SMILES string of the molecule is COc1nc(OC)nc(C(=O)c2cccc(F)c2N(C)S(=O)(=O)C(F)(F)F)n1. The fourth-order valence-electron chi connectivity index (χ4n) is 2.04.